The Morgan fingerprint density at radius 3 is 2.14 bits per heavy atom. The summed E-state index contributed by atoms with van der Waals surface area (Å²) >= 11 is 0. The number of hydrogen-bond donors (Lipinski definition) is 2. The van der Waals surface area contributed by atoms with E-state index in [0.717, 1.165) is 33.0 Å². The lowest BCUT2D eigenvalue weighted by Gasteiger charge is -2.17. The van der Waals surface area contributed by atoms with Crippen molar-refractivity contribution in [1.29, 1.82) is 0 Å². The Balaban J connectivity index is 2.47. The minimum Gasteiger partial charge on any atom is -0.508 e. The average Bonchev–Trinajstić information content (AvgIpc) is 2.48. The second-order valence-corrected chi connectivity index (χ2v) is 5.48. The molecule has 0 atom stereocenters. The minimum absolute atomic E-state index is 0.123. The van der Waals surface area contributed by atoms with Crippen molar-refractivity contribution in [2.45, 2.75) is 13.8 Å². The van der Waals surface area contributed by atoms with Crippen molar-refractivity contribution in [3.8, 4) is 28.4 Å². The Labute approximate surface area is 129 Å². The average molecular weight is 294 g/mol. The third-order valence-corrected chi connectivity index (χ3v) is 3.97. The van der Waals surface area contributed by atoms with Crippen LogP contribution in [0, 0.1) is 13.8 Å². The van der Waals surface area contributed by atoms with Gasteiger partial charge < -0.3 is 14.9 Å². The topological polar surface area (TPSA) is 49.7 Å². The molecule has 3 nitrogen and oxygen atoms in total. The molecule has 0 saturated heterocycles. The van der Waals surface area contributed by atoms with E-state index >= 15 is 0 Å². The lowest BCUT2D eigenvalue weighted by atomic mass is 9.90. The summed E-state index contributed by atoms with van der Waals surface area (Å²) in [6.07, 6.45) is 0. The van der Waals surface area contributed by atoms with Crippen molar-refractivity contribution >= 4 is 10.8 Å². The number of phenolic OH excluding ortho intramolecular Hbond substituents is 2. The van der Waals surface area contributed by atoms with Crippen molar-refractivity contribution in [3.63, 3.8) is 0 Å². The molecule has 0 spiro atoms. The highest BCUT2D eigenvalue weighted by Gasteiger charge is 2.18. The number of rotatable bonds is 2. The highest BCUT2D eigenvalue weighted by atomic mass is 16.5. The highest BCUT2D eigenvalue weighted by molar-refractivity contribution is 6.02. The Kier molecular flexibility index (Phi) is 3.41. The van der Waals surface area contributed by atoms with E-state index in [4.69, 9.17) is 4.74 Å². The molecule has 0 fully saturated rings. The van der Waals surface area contributed by atoms with Gasteiger partial charge in [-0.2, -0.15) is 0 Å². The van der Waals surface area contributed by atoms with Gasteiger partial charge in [-0.15, -0.1) is 0 Å². The Morgan fingerprint density at radius 1 is 0.864 bits per heavy atom. The molecular formula is C19H18O3. The molecule has 0 aromatic heterocycles. The van der Waals surface area contributed by atoms with E-state index in [1.807, 2.05) is 44.2 Å². The molecule has 3 aromatic rings. The summed E-state index contributed by atoms with van der Waals surface area (Å²) in [5.74, 6) is 0.795. The summed E-state index contributed by atoms with van der Waals surface area (Å²) in [6, 6.07) is 13.1. The quantitative estimate of drug-likeness (QED) is 0.729. The van der Waals surface area contributed by atoms with E-state index in [-0.39, 0.29) is 11.5 Å². The molecule has 0 aliphatic carbocycles. The first kappa shape index (κ1) is 14.3. The zero-order valence-corrected chi connectivity index (χ0v) is 12.8. The summed E-state index contributed by atoms with van der Waals surface area (Å²) in [5, 5.41) is 22.4. The molecule has 112 valence electrons. The van der Waals surface area contributed by atoms with Crippen LogP contribution in [0.25, 0.3) is 21.9 Å². The van der Waals surface area contributed by atoms with Gasteiger partial charge in [-0.3, -0.25) is 0 Å². The largest absolute Gasteiger partial charge is 0.508 e. The van der Waals surface area contributed by atoms with Gasteiger partial charge in [-0.05, 0) is 59.5 Å². The first-order valence-corrected chi connectivity index (χ1v) is 7.12. The van der Waals surface area contributed by atoms with Crippen LogP contribution in [0.5, 0.6) is 17.2 Å². The van der Waals surface area contributed by atoms with Crippen LogP contribution in [0.2, 0.25) is 0 Å². The second kappa shape index (κ2) is 5.26. The zero-order chi connectivity index (χ0) is 15.9. The number of phenols is 2. The predicted octanol–water partition coefficient (Wildman–Crippen LogP) is 4.54. The number of hydrogen-bond acceptors (Lipinski definition) is 3. The minimum atomic E-state index is 0.123. The smallest absolute Gasteiger partial charge is 0.166 e. The van der Waals surface area contributed by atoms with Crippen LogP contribution in [0.4, 0.5) is 0 Å². The van der Waals surface area contributed by atoms with Crippen molar-refractivity contribution in [2.24, 2.45) is 0 Å². The maximum Gasteiger partial charge on any atom is 0.166 e. The number of aryl methyl sites for hydroxylation is 2. The third-order valence-electron chi connectivity index (χ3n) is 3.97. The molecule has 3 heteroatoms. The Morgan fingerprint density at radius 2 is 1.50 bits per heavy atom. The van der Waals surface area contributed by atoms with Crippen molar-refractivity contribution in [2.75, 3.05) is 7.11 Å². The van der Waals surface area contributed by atoms with Gasteiger partial charge in [0.05, 0.1) is 7.11 Å². The fourth-order valence-electron chi connectivity index (χ4n) is 3.05. The fourth-order valence-corrected chi connectivity index (χ4v) is 3.05. The van der Waals surface area contributed by atoms with Gasteiger partial charge in [0.25, 0.3) is 0 Å². The maximum absolute atomic E-state index is 10.7. The van der Waals surface area contributed by atoms with Crippen LogP contribution < -0.4 is 4.74 Å². The molecule has 0 aliphatic rings. The van der Waals surface area contributed by atoms with Crippen LogP contribution in [0.1, 0.15) is 11.1 Å². The summed E-state index contributed by atoms with van der Waals surface area (Å²) in [5.41, 5.74) is 3.48. The van der Waals surface area contributed by atoms with E-state index < -0.39 is 0 Å². The maximum atomic E-state index is 10.7. The number of fused-ring (bicyclic) bond motifs is 1. The molecule has 3 aromatic carbocycles. The summed E-state index contributed by atoms with van der Waals surface area (Å²) in [6.45, 7) is 3.85. The molecule has 0 aliphatic heterocycles. The van der Waals surface area contributed by atoms with E-state index in [2.05, 4.69) is 0 Å². The fraction of sp³-hybridized carbons (Fsp3) is 0.158. The van der Waals surface area contributed by atoms with Gasteiger partial charge in [0.2, 0.25) is 0 Å². The van der Waals surface area contributed by atoms with Crippen molar-refractivity contribution in [1.82, 2.24) is 0 Å². The molecule has 0 unspecified atom stereocenters. The summed E-state index contributed by atoms with van der Waals surface area (Å²) in [7, 11) is 1.55. The zero-order valence-electron chi connectivity index (χ0n) is 12.8. The first-order valence-electron chi connectivity index (χ1n) is 7.12. The van der Waals surface area contributed by atoms with Crippen LogP contribution >= 0.6 is 0 Å². The molecule has 22 heavy (non-hydrogen) atoms. The SMILES string of the molecule is COc1cc2ccccc2c(-c2c(C)cc(O)cc2C)c1O. The number of benzene rings is 3. The van der Waals surface area contributed by atoms with Crippen LogP contribution in [0.15, 0.2) is 42.5 Å². The third kappa shape index (κ3) is 2.15. The molecule has 0 heterocycles. The van der Waals surface area contributed by atoms with E-state index in [1.165, 1.54) is 0 Å². The second-order valence-electron chi connectivity index (χ2n) is 5.48. The summed E-state index contributed by atoms with van der Waals surface area (Å²) in [4.78, 5) is 0. The molecule has 0 saturated carbocycles. The van der Waals surface area contributed by atoms with Gasteiger partial charge in [0.15, 0.2) is 11.5 Å². The number of methoxy groups -OCH3 is 1. The van der Waals surface area contributed by atoms with Crippen LogP contribution in [0.3, 0.4) is 0 Å². The normalized spacial score (nSPS) is 10.9. The van der Waals surface area contributed by atoms with E-state index in [9.17, 15) is 10.2 Å². The highest BCUT2D eigenvalue weighted by Crippen LogP contribution is 2.45. The summed E-state index contributed by atoms with van der Waals surface area (Å²) < 4.78 is 5.32. The number of aromatic hydroxyl groups is 2. The lowest BCUT2D eigenvalue weighted by Crippen LogP contribution is -1.93. The molecule has 0 radical (unpaired) electrons. The van der Waals surface area contributed by atoms with Crippen molar-refractivity contribution in [3.05, 3.63) is 53.6 Å². The van der Waals surface area contributed by atoms with Crippen LogP contribution in [-0.2, 0) is 0 Å². The Bertz CT molecular complexity index is 843. The Hall–Kier alpha value is -2.68. The predicted molar refractivity (Wildman–Crippen MR) is 88.7 cm³/mol. The van der Waals surface area contributed by atoms with E-state index in [1.54, 1.807) is 19.2 Å². The lowest BCUT2D eigenvalue weighted by molar-refractivity contribution is 0.375. The number of ether oxygens (including phenoxy) is 1. The molecular weight excluding hydrogens is 276 g/mol. The molecule has 2 N–H and O–H groups in total. The molecule has 0 bridgehead atoms. The van der Waals surface area contributed by atoms with Crippen LogP contribution in [-0.4, -0.2) is 17.3 Å². The van der Waals surface area contributed by atoms with Gasteiger partial charge in [0, 0.05) is 5.56 Å². The first-order chi connectivity index (χ1) is 10.5. The standard InChI is InChI=1S/C19H18O3/c1-11-8-14(20)9-12(2)17(11)18-15-7-5-4-6-13(15)10-16(22-3)19(18)21/h4-10,20-21H,1-3H3. The van der Waals surface area contributed by atoms with Gasteiger partial charge >= 0.3 is 0 Å². The van der Waals surface area contributed by atoms with Gasteiger partial charge in [-0.25, -0.2) is 0 Å². The molecule has 3 rings (SSSR count). The van der Waals surface area contributed by atoms with E-state index in [0.29, 0.717) is 5.75 Å². The molecule has 0 amide bonds. The monoisotopic (exact) mass is 294 g/mol. The van der Waals surface area contributed by atoms with Gasteiger partial charge in [-0.1, -0.05) is 24.3 Å². The van der Waals surface area contributed by atoms with Gasteiger partial charge in [0.1, 0.15) is 5.75 Å². The van der Waals surface area contributed by atoms with Crippen molar-refractivity contribution < 1.29 is 14.9 Å².